The highest BCUT2D eigenvalue weighted by atomic mass is 32.1. The molecule has 0 aliphatic heterocycles. The number of methoxy groups -OCH3 is 2. The van der Waals surface area contributed by atoms with Gasteiger partial charge in [-0.2, -0.15) is 0 Å². The minimum Gasteiger partial charge on any atom is -0.497 e. The molecular weight excluding hydrogens is 210 g/mol. The van der Waals surface area contributed by atoms with E-state index in [-0.39, 0.29) is 6.04 Å². The molecule has 1 rings (SSSR count). The molecule has 1 N–H and O–H groups in total. The van der Waals surface area contributed by atoms with Crippen LogP contribution in [-0.2, 0) is 0 Å². The fourth-order valence-electron chi connectivity index (χ4n) is 1.28. The maximum absolute atomic E-state index is 5.18. The van der Waals surface area contributed by atoms with Crippen molar-refractivity contribution in [1.29, 1.82) is 0 Å². The molecule has 4 heteroatoms. The van der Waals surface area contributed by atoms with Gasteiger partial charge in [-0.25, -0.2) is 0 Å². The first-order valence-electron chi connectivity index (χ1n) is 4.64. The predicted octanol–water partition coefficient (Wildman–Crippen LogP) is 2.31. The highest BCUT2D eigenvalue weighted by molar-refractivity contribution is 7.78. The quantitative estimate of drug-likeness (QED) is 0.779. The lowest BCUT2D eigenvalue weighted by Crippen LogP contribution is -2.15. The molecule has 0 heterocycles. The SMILES string of the molecule is COc1cc(OC)cc([C@H](C)NC=S)c1. The molecule has 3 nitrogen and oxygen atoms in total. The van der Waals surface area contributed by atoms with Crippen molar-refractivity contribution in [3.8, 4) is 11.5 Å². The Kier molecular flexibility index (Phi) is 4.37. The Balaban J connectivity index is 3.00. The number of ether oxygens (including phenoxy) is 2. The molecular formula is C11H15NO2S. The summed E-state index contributed by atoms with van der Waals surface area (Å²) >= 11 is 4.75. The van der Waals surface area contributed by atoms with E-state index in [4.69, 9.17) is 21.7 Å². The van der Waals surface area contributed by atoms with Crippen LogP contribution in [-0.4, -0.2) is 19.7 Å². The van der Waals surface area contributed by atoms with Gasteiger partial charge in [0.05, 0.1) is 19.7 Å². The Labute approximate surface area is 95.4 Å². The molecule has 0 spiro atoms. The van der Waals surface area contributed by atoms with E-state index in [1.807, 2.05) is 25.1 Å². The van der Waals surface area contributed by atoms with Crippen molar-refractivity contribution in [2.75, 3.05) is 14.2 Å². The van der Waals surface area contributed by atoms with Crippen LogP contribution in [0.3, 0.4) is 0 Å². The van der Waals surface area contributed by atoms with Gasteiger partial charge in [-0.05, 0) is 24.6 Å². The highest BCUT2D eigenvalue weighted by Gasteiger charge is 2.07. The van der Waals surface area contributed by atoms with Gasteiger partial charge in [-0.1, -0.05) is 12.2 Å². The minimum absolute atomic E-state index is 0.145. The maximum Gasteiger partial charge on any atom is 0.122 e. The van der Waals surface area contributed by atoms with Crippen LogP contribution in [0.5, 0.6) is 11.5 Å². The first-order chi connectivity index (χ1) is 7.21. The van der Waals surface area contributed by atoms with Crippen molar-refractivity contribution < 1.29 is 9.47 Å². The first-order valence-corrected chi connectivity index (χ1v) is 5.11. The van der Waals surface area contributed by atoms with Crippen LogP contribution < -0.4 is 14.8 Å². The molecule has 15 heavy (non-hydrogen) atoms. The third-order valence-electron chi connectivity index (χ3n) is 2.19. The molecule has 0 unspecified atom stereocenters. The van der Waals surface area contributed by atoms with Crippen molar-refractivity contribution >= 4 is 17.7 Å². The van der Waals surface area contributed by atoms with E-state index in [0.717, 1.165) is 17.1 Å². The van der Waals surface area contributed by atoms with Crippen LogP contribution in [0.25, 0.3) is 0 Å². The molecule has 0 aromatic heterocycles. The van der Waals surface area contributed by atoms with Gasteiger partial charge >= 0.3 is 0 Å². The van der Waals surface area contributed by atoms with Gasteiger partial charge in [0.15, 0.2) is 0 Å². The van der Waals surface area contributed by atoms with Gasteiger partial charge in [-0.15, -0.1) is 0 Å². The second kappa shape index (κ2) is 5.56. The van der Waals surface area contributed by atoms with Gasteiger partial charge in [-0.3, -0.25) is 0 Å². The lowest BCUT2D eigenvalue weighted by Gasteiger charge is -2.14. The largest absolute Gasteiger partial charge is 0.497 e. The van der Waals surface area contributed by atoms with Crippen LogP contribution in [0.15, 0.2) is 18.2 Å². The molecule has 0 radical (unpaired) electrons. The standard InChI is InChI=1S/C11H15NO2S/c1-8(12-7-15)9-4-10(13-2)6-11(5-9)14-3/h4-8H,1-3H3,(H,12,15)/t8-/m0/s1. The van der Waals surface area contributed by atoms with Gasteiger partial charge in [0, 0.05) is 12.1 Å². The third kappa shape index (κ3) is 3.09. The predicted molar refractivity (Wildman–Crippen MR) is 64.8 cm³/mol. The van der Waals surface area contributed by atoms with Gasteiger partial charge < -0.3 is 14.8 Å². The van der Waals surface area contributed by atoms with E-state index in [0.29, 0.717) is 0 Å². The zero-order valence-corrected chi connectivity index (χ0v) is 9.93. The summed E-state index contributed by atoms with van der Waals surface area (Å²) in [5.41, 5.74) is 2.59. The van der Waals surface area contributed by atoms with Gasteiger partial charge in [0.1, 0.15) is 11.5 Å². The lowest BCUT2D eigenvalue weighted by atomic mass is 10.1. The van der Waals surface area contributed by atoms with E-state index in [9.17, 15) is 0 Å². The molecule has 0 saturated carbocycles. The normalized spacial score (nSPS) is 11.7. The lowest BCUT2D eigenvalue weighted by molar-refractivity contribution is 0.392. The molecule has 0 saturated heterocycles. The minimum atomic E-state index is 0.145. The van der Waals surface area contributed by atoms with E-state index < -0.39 is 0 Å². The summed E-state index contributed by atoms with van der Waals surface area (Å²) in [5, 5.41) is 3.04. The molecule has 82 valence electrons. The number of benzene rings is 1. The Morgan fingerprint density at radius 1 is 1.20 bits per heavy atom. The zero-order valence-electron chi connectivity index (χ0n) is 9.11. The monoisotopic (exact) mass is 225 g/mol. The summed E-state index contributed by atoms with van der Waals surface area (Å²) in [4.78, 5) is 0. The smallest absolute Gasteiger partial charge is 0.122 e. The summed E-state index contributed by atoms with van der Waals surface area (Å²) in [6.45, 7) is 2.02. The van der Waals surface area contributed by atoms with Crippen molar-refractivity contribution in [2.24, 2.45) is 0 Å². The van der Waals surface area contributed by atoms with Crippen LogP contribution in [0, 0.1) is 0 Å². The number of rotatable bonds is 5. The number of hydrogen-bond acceptors (Lipinski definition) is 3. The van der Waals surface area contributed by atoms with E-state index >= 15 is 0 Å². The fourth-order valence-corrected chi connectivity index (χ4v) is 1.48. The second-order valence-electron chi connectivity index (χ2n) is 3.15. The summed E-state index contributed by atoms with van der Waals surface area (Å²) in [6, 6.07) is 5.90. The topological polar surface area (TPSA) is 30.5 Å². The zero-order chi connectivity index (χ0) is 11.3. The summed E-state index contributed by atoms with van der Waals surface area (Å²) in [7, 11) is 3.27. The molecule has 1 aromatic rings. The van der Waals surface area contributed by atoms with Crippen LogP contribution >= 0.6 is 12.2 Å². The molecule has 0 aliphatic carbocycles. The Bertz CT molecular complexity index is 319. The summed E-state index contributed by atoms with van der Waals surface area (Å²) in [6.07, 6.45) is 0. The van der Waals surface area contributed by atoms with Crippen LogP contribution in [0.2, 0.25) is 0 Å². The summed E-state index contributed by atoms with van der Waals surface area (Å²) < 4.78 is 10.4. The van der Waals surface area contributed by atoms with Gasteiger partial charge in [0.2, 0.25) is 0 Å². The average molecular weight is 225 g/mol. The van der Waals surface area contributed by atoms with Crippen molar-refractivity contribution in [2.45, 2.75) is 13.0 Å². The first kappa shape index (κ1) is 11.8. The molecule has 0 fully saturated rings. The van der Waals surface area contributed by atoms with Gasteiger partial charge in [0.25, 0.3) is 0 Å². The Morgan fingerprint density at radius 2 is 1.73 bits per heavy atom. The average Bonchev–Trinajstić information content (AvgIpc) is 2.28. The van der Waals surface area contributed by atoms with E-state index in [1.165, 1.54) is 5.49 Å². The highest BCUT2D eigenvalue weighted by Crippen LogP contribution is 2.25. The number of thiocarbonyl (C=S) groups is 1. The molecule has 1 aromatic carbocycles. The Morgan fingerprint density at radius 3 is 2.13 bits per heavy atom. The van der Waals surface area contributed by atoms with Crippen molar-refractivity contribution in [3.63, 3.8) is 0 Å². The fraction of sp³-hybridized carbons (Fsp3) is 0.364. The molecule has 0 bridgehead atoms. The Hall–Kier alpha value is -1.29. The number of hydrogen-bond donors (Lipinski definition) is 1. The van der Waals surface area contributed by atoms with Crippen molar-refractivity contribution in [1.82, 2.24) is 5.32 Å². The number of nitrogens with one attached hydrogen (secondary N) is 1. The maximum atomic E-state index is 5.18. The summed E-state index contributed by atoms with van der Waals surface area (Å²) in [5.74, 6) is 1.56. The van der Waals surface area contributed by atoms with Crippen LogP contribution in [0.1, 0.15) is 18.5 Å². The van der Waals surface area contributed by atoms with E-state index in [2.05, 4.69) is 5.32 Å². The van der Waals surface area contributed by atoms with Crippen molar-refractivity contribution in [3.05, 3.63) is 23.8 Å². The second-order valence-corrected chi connectivity index (χ2v) is 3.39. The third-order valence-corrected chi connectivity index (χ3v) is 2.33. The molecule has 0 aliphatic rings. The van der Waals surface area contributed by atoms with E-state index in [1.54, 1.807) is 14.2 Å². The van der Waals surface area contributed by atoms with Crippen LogP contribution in [0.4, 0.5) is 0 Å². The molecule has 0 amide bonds. The molecule has 1 atom stereocenters.